The van der Waals surface area contributed by atoms with Gasteiger partial charge < -0.3 is 0 Å². The van der Waals surface area contributed by atoms with Gasteiger partial charge in [0.05, 0.1) is 0 Å². The minimum Gasteiger partial charge on any atom is -0.299 e. The summed E-state index contributed by atoms with van der Waals surface area (Å²) >= 11 is 0. The quantitative estimate of drug-likeness (QED) is 0.536. The zero-order valence-corrected chi connectivity index (χ0v) is 7.62. The second-order valence-corrected chi connectivity index (χ2v) is 5.07. The van der Waals surface area contributed by atoms with Crippen LogP contribution in [0.2, 0.25) is 0 Å². The van der Waals surface area contributed by atoms with E-state index in [4.69, 9.17) is 0 Å². The predicted molar refractivity (Wildman–Crippen MR) is 46.6 cm³/mol. The van der Waals surface area contributed by atoms with Crippen molar-refractivity contribution in [3.63, 3.8) is 0 Å². The first-order valence-corrected chi connectivity index (χ1v) is 5.30. The first kappa shape index (κ1) is 7.11. The Hall–Kier alpha value is -0.330. The predicted octanol–water partition coefficient (Wildman–Crippen LogP) is 2.26. The van der Waals surface area contributed by atoms with Gasteiger partial charge in [0.15, 0.2) is 0 Å². The molecule has 2 bridgehead atoms. The molecule has 3 saturated carbocycles. The van der Waals surface area contributed by atoms with Crippen LogP contribution in [0.3, 0.4) is 0 Å². The van der Waals surface area contributed by atoms with Crippen molar-refractivity contribution in [3.05, 3.63) is 0 Å². The number of hydrogen-bond acceptors (Lipinski definition) is 1. The Morgan fingerprint density at radius 2 is 2.08 bits per heavy atom. The van der Waals surface area contributed by atoms with E-state index < -0.39 is 0 Å². The Morgan fingerprint density at radius 1 is 1.25 bits per heavy atom. The highest BCUT2D eigenvalue weighted by Crippen LogP contribution is 2.59. The average Bonchev–Trinajstić information content (AvgIpc) is 2.62. The number of carbonyl (C=O) groups is 1. The Kier molecular flexibility index (Phi) is 1.26. The molecule has 0 heterocycles. The third kappa shape index (κ3) is 0.681. The van der Waals surface area contributed by atoms with Gasteiger partial charge >= 0.3 is 0 Å². The molecule has 0 aromatic rings. The van der Waals surface area contributed by atoms with Crippen LogP contribution in [0.15, 0.2) is 0 Å². The number of hydrogen-bond donors (Lipinski definition) is 0. The molecule has 0 amide bonds. The van der Waals surface area contributed by atoms with E-state index in [0.29, 0.717) is 11.7 Å². The maximum atomic E-state index is 11.6. The lowest BCUT2D eigenvalue weighted by atomic mass is 9.76. The van der Waals surface area contributed by atoms with Crippen molar-refractivity contribution in [2.45, 2.75) is 32.6 Å². The number of fused-ring (bicyclic) bond motifs is 5. The maximum absolute atomic E-state index is 11.6. The van der Waals surface area contributed by atoms with E-state index in [2.05, 4.69) is 6.92 Å². The highest BCUT2D eigenvalue weighted by molar-refractivity contribution is 5.84. The molecule has 0 aromatic carbocycles. The van der Waals surface area contributed by atoms with E-state index in [1.165, 1.54) is 19.3 Å². The van der Waals surface area contributed by atoms with Crippen LogP contribution in [-0.2, 0) is 4.79 Å². The van der Waals surface area contributed by atoms with E-state index in [0.717, 1.165) is 30.1 Å². The van der Waals surface area contributed by atoms with Crippen molar-refractivity contribution in [2.24, 2.45) is 29.6 Å². The van der Waals surface area contributed by atoms with Crippen LogP contribution >= 0.6 is 0 Å². The summed E-state index contributed by atoms with van der Waals surface area (Å²) in [6, 6.07) is 0. The van der Waals surface area contributed by atoms with Crippen molar-refractivity contribution in [3.8, 4) is 0 Å². The Labute approximate surface area is 73.5 Å². The van der Waals surface area contributed by atoms with Gasteiger partial charge in [-0.05, 0) is 42.9 Å². The van der Waals surface area contributed by atoms with Gasteiger partial charge in [-0.25, -0.2) is 0 Å². The van der Waals surface area contributed by atoms with E-state index in [9.17, 15) is 4.79 Å². The van der Waals surface area contributed by atoms with Gasteiger partial charge in [-0.1, -0.05) is 6.92 Å². The largest absolute Gasteiger partial charge is 0.299 e. The van der Waals surface area contributed by atoms with Gasteiger partial charge in [0, 0.05) is 12.3 Å². The smallest absolute Gasteiger partial charge is 0.136 e. The maximum Gasteiger partial charge on any atom is 0.136 e. The minimum atomic E-state index is 0.520. The summed E-state index contributed by atoms with van der Waals surface area (Å²) in [6.07, 6.45) is 4.84. The molecule has 0 radical (unpaired) electrons. The summed E-state index contributed by atoms with van der Waals surface area (Å²) in [5.41, 5.74) is 0. The van der Waals surface area contributed by atoms with Crippen LogP contribution in [0.5, 0.6) is 0 Å². The molecular formula is C11H16O. The second-order valence-electron chi connectivity index (χ2n) is 5.07. The zero-order valence-electron chi connectivity index (χ0n) is 7.62. The molecule has 3 fully saturated rings. The molecule has 0 N–H and O–H groups in total. The molecule has 66 valence electrons. The zero-order chi connectivity index (χ0) is 8.29. The fraction of sp³-hybridized carbons (Fsp3) is 0.909. The summed E-state index contributed by atoms with van der Waals surface area (Å²) in [5.74, 6) is 4.57. The topological polar surface area (TPSA) is 17.1 Å². The van der Waals surface area contributed by atoms with Crippen LogP contribution in [0.4, 0.5) is 0 Å². The third-order valence-corrected chi connectivity index (χ3v) is 4.60. The summed E-state index contributed by atoms with van der Waals surface area (Å²) in [5, 5.41) is 0. The van der Waals surface area contributed by atoms with Crippen molar-refractivity contribution in [2.75, 3.05) is 0 Å². The highest BCUT2D eigenvalue weighted by Gasteiger charge is 2.55. The molecule has 12 heavy (non-hydrogen) atoms. The number of ketones is 1. The summed E-state index contributed by atoms with van der Waals surface area (Å²) in [7, 11) is 0. The SMILES string of the molecule is C[C@H]1CC2CC1C1CCC(=O)C21. The van der Waals surface area contributed by atoms with Gasteiger partial charge in [-0.3, -0.25) is 4.79 Å². The molecule has 0 aromatic heterocycles. The Balaban J connectivity index is 1.94. The average molecular weight is 164 g/mol. The molecule has 4 unspecified atom stereocenters. The number of Topliss-reactive ketones (excluding diaryl/α,β-unsaturated/α-hetero) is 1. The normalized spacial score (nSPS) is 56.4. The van der Waals surface area contributed by atoms with E-state index in [1.54, 1.807) is 0 Å². The molecule has 5 atom stereocenters. The Morgan fingerprint density at radius 3 is 2.92 bits per heavy atom. The second kappa shape index (κ2) is 2.12. The van der Waals surface area contributed by atoms with E-state index in [-0.39, 0.29) is 0 Å². The summed E-state index contributed by atoms with van der Waals surface area (Å²) in [6.45, 7) is 2.38. The van der Waals surface area contributed by atoms with Crippen LogP contribution in [0.25, 0.3) is 0 Å². The van der Waals surface area contributed by atoms with Crippen LogP contribution in [0, 0.1) is 29.6 Å². The number of rotatable bonds is 0. The molecule has 0 saturated heterocycles. The summed E-state index contributed by atoms with van der Waals surface area (Å²) in [4.78, 5) is 11.6. The van der Waals surface area contributed by atoms with Crippen LogP contribution < -0.4 is 0 Å². The van der Waals surface area contributed by atoms with Crippen LogP contribution in [-0.4, -0.2) is 5.78 Å². The first-order valence-electron chi connectivity index (χ1n) is 5.30. The number of carbonyl (C=O) groups excluding carboxylic acids is 1. The fourth-order valence-electron chi connectivity index (χ4n) is 4.21. The molecule has 0 spiro atoms. The van der Waals surface area contributed by atoms with Gasteiger partial charge in [0.2, 0.25) is 0 Å². The first-order chi connectivity index (χ1) is 5.77. The lowest BCUT2D eigenvalue weighted by molar-refractivity contribution is -0.122. The molecule has 0 aliphatic heterocycles. The van der Waals surface area contributed by atoms with Crippen LogP contribution in [0.1, 0.15) is 32.6 Å². The van der Waals surface area contributed by atoms with Gasteiger partial charge in [-0.15, -0.1) is 0 Å². The minimum absolute atomic E-state index is 0.520. The summed E-state index contributed by atoms with van der Waals surface area (Å²) < 4.78 is 0. The standard InChI is InChI=1S/C11H16O/c1-6-4-7-5-9(6)8-2-3-10(12)11(7)8/h6-9,11H,2-5H2,1H3/t6-,7?,8?,9?,11?/m0/s1. The Bertz CT molecular complexity index is 233. The fourth-order valence-corrected chi connectivity index (χ4v) is 4.21. The van der Waals surface area contributed by atoms with Gasteiger partial charge in [0.1, 0.15) is 5.78 Å². The van der Waals surface area contributed by atoms with Gasteiger partial charge in [-0.2, -0.15) is 0 Å². The molecule has 3 aliphatic carbocycles. The van der Waals surface area contributed by atoms with E-state index in [1.807, 2.05) is 0 Å². The third-order valence-electron chi connectivity index (χ3n) is 4.60. The monoisotopic (exact) mass is 164 g/mol. The van der Waals surface area contributed by atoms with Crippen molar-refractivity contribution in [1.82, 2.24) is 0 Å². The van der Waals surface area contributed by atoms with Crippen molar-refractivity contribution >= 4 is 5.78 Å². The molecule has 1 nitrogen and oxygen atoms in total. The highest BCUT2D eigenvalue weighted by atomic mass is 16.1. The van der Waals surface area contributed by atoms with Crippen molar-refractivity contribution < 1.29 is 4.79 Å². The molecule has 3 rings (SSSR count). The van der Waals surface area contributed by atoms with Gasteiger partial charge in [0.25, 0.3) is 0 Å². The lowest BCUT2D eigenvalue weighted by Gasteiger charge is -2.27. The molecule has 1 heteroatoms. The lowest BCUT2D eigenvalue weighted by Crippen LogP contribution is -2.26. The molecule has 3 aliphatic rings. The van der Waals surface area contributed by atoms with Crippen molar-refractivity contribution in [1.29, 1.82) is 0 Å². The molecular weight excluding hydrogens is 148 g/mol. The van der Waals surface area contributed by atoms with E-state index >= 15 is 0 Å².